The molecule has 0 unspecified atom stereocenters. The minimum Gasteiger partial charge on any atom is -0.481 e. The fraction of sp³-hybridized carbons (Fsp3) is 0.462. The number of nitrogens with zero attached hydrogens (tertiary/aromatic N) is 2. The molecule has 1 aliphatic heterocycles. The van der Waals surface area contributed by atoms with Crippen LogP contribution in [0.5, 0.6) is 0 Å². The van der Waals surface area contributed by atoms with Crippen LogP contribution in [0.3, 0.4) is 0 Å². The average molecular weight is 280 g/mol. The van der Waals surface area contributed by atoms with Crippen LogP contribution in [0.1, 0.15) is 25.3 Å². The highest BCUT2D eigenvalue weighted by Crippen LogP contribution is 2.25. The molecule has 0 atom stereocenters. The lowest BCUT2D eigenvalue weighted by Crippen LogP contribution is -2.37. The SMILES string of the molecule is CN(Cc1nccs1)C(=O)C1=CC(=O)CC(C)(C)O1. The molecule has 2 rings (SSSR count). The number of amides is 1. The lowest BCUT2D eigenvalue weighted by Gasteiger charge is -2.31. The first-order chi connectivity index (χ1) is 8.87. The predicted molar refractivity (Wildman–Crippen MR) is 71.5 cm³/mol. The lowest BCUT2D eigenvalue weighted by atomic mass is 9.98. The van der Waals surface area contributed by atoms with E-state index in [4.69, 9.17) is 4.74 Å². The Labute approximate surface area is 115 Å². The van der Waals surface area contributed by atoms with Gasteiger partial charge in [0.05, 0.1) is 6.54 Å². The van der Waals surface area contributed by atoms with E-state index in [1.165, 1.54) is 22.3 Å². The van der Waals surface area contributed by atoms with Gasteiger partial charge in [0.25, 0.3) is 5.91 Å². The monoisotopic (exact) mass is 280 g/mol. The molecule has 1 aliphatic rings. The van der Waals surface area contributed by atoms with Gasteiger partial charge in [0, 0.05) is 31.1 Å². The number of hydrogen-bond donors (Lipinski definition) is 0. The maximum atomic E-state index is 12.2. The van der Waals surface area contributed by atoms with Crippen LogP contribution in [0.25, 0.3) is 0 Å². The largest absolute Gasteiger partial charge is 0.481 e. The van der Waals surface area contributed by atoms with E-state index < -0.39 is 5.60 Å². The van der Waals surface area contributed by atoms with Crippen LogP contribution in [0.2, 0.25) is 0 Å². The first kappa shape index (κ1) is 13.7. The Kier molecular flexibility index (Phi) is 3.71. The van der Waals surface area contributed by atoms with Crippen LogP contribution in [0, 0.1) is 0 Å². The highest BCUT2D eigenvalue weighted by molar-refractivity contribution is 7.09. The molecular weight excluding hydrogens is 264 g/mol. The molecule has 2 heterocycles. The number of aromatic nitrogens is 1. The molecule has 0 N–H and O–H groups in total. The van der Waals surface area contributed by atoms with Gasteiger partial charge in [-0.3, -0.25) is 9.59 Å². The molecule has 5 nitrogen and oxygen atoms in total. The number of carbonyl (C=O) groups is 2. The topological polar surface area (TPSA) is 59.5 Å². The summed E-state index contributed by atoms with van der Waals surface area (Å²) >= 11 is 1.48. The summed E-state index contributed by atoms with van der Waals surface area (Å²) in [5.41, 5.74) is -0.626. The van der Waals surface area contributed by atoms with E-state index in [1.54, 1.807) is 27.1 Å². The molecular formula is C13H16N2O3S. The Morgan fingerprint density at radius 3 is 2.89 bits per heavy atom. The summed E-state index contributed by atoms with van der Waals surface area (Å²) in [7, 11) is 1.67. The second-order valence-electron chi connectivity index (χ2n) is 5.10. The van der Waals surface area contributed by atoms with Crippen molar-refractivity contribution in [3.8, 4) is 0 Å². The Morgan fingerprint density at radius 2 is 2.32 bits per heavy atom. The van der Waals surface area contributed by atoms with Crippen molar-refractivity contribution in [2.75, 3.05) is 7.05 Å². The molecule has 0 bridgehead atoms. The van der Waals surface area contributed by atoms with Gasteiger partial charge in [-0.15, -0.1) is 11.3 Å². The number of allylic oxidation sites excluding steroid dienone is 1. The minimum atomic E-state index is -0.626. The standard InChI is InChI=1S/C13H16N2O3S/c1-13(2)7-9(16)6-10(18-13)12(17)15(3)8-11-14-4-5-19-11/h4-6H,7-8H2,1-3H3. The number of thiazole rings is 1. The average Bonchev–Trinajstić information content (AvgIpc) is 2.77. The molecule has 0 fully saturated rings. The van der Waals surface area contributed by atoms with Crippen molar-refractivity contribution in [3.05, 3.63) is 28.4 Å². The van der Waals surface area contributed by atoms with E-state index >= 15 is 0 Å². The van der Waals surface area contributed by atoms with E-state index in [1.807, 2.05) is 5.38 Å². The van der Waals surface area contributed by atoms with Gasteiger partial charge in [0.2, 0.25) is 0 Å². The number of carbonyl (C=O) groups excluding carboxylic acids is 2. The molecule has 0 radical (unpaired) electrons. The van der Waals surface area contributed by atoms with Crippen molar-refractivity contribution in [2.24, 2.45) is 0 Å². The number of hydrogen-bond acceptors (Lipinski definition) is 5. The summed E-state index contributed by atoms with van der Waals surface area (Å²) < 4.78 is 5.58. The van der Waals surface area contributed by atoms with Gasteiger partial charge >= 0.3 is 0 Å². The van der Waals surface area contributed by atoms with E-state index in [0.29, 0.717) is 13.0 Å². The normalized spacial score (nSPS) is 17.6. The maximum Gasteiger partial charge on any atom is 0.289 e. The van der Waals surface area contributed by atoms with Crippen LogP contribution < -0.4 is 0 Å². The van der Waals surface area contributed by atoms with Crippen molar-refractivity contribution in [1.29, 1.82) is 0 Å². The molecule has 1 aromatic heterocycles. The van der Waals surface area contributed by atoms with Gasteiger partial charge in [-0.1, -0.05) is 0 Å². The summed E-state index contributed by atoms with van der Waals surface area (Å²) in [5.74, 6) is -0.265. The fourth-order valence-electron chi connectivity index (χ4n) is 1.88. The molecule has 1 amide bonds. The zero-order chi connectivity index (χ0) is 14.0. The van der Waals surface area contributed by atoms with Gasteiger partial charge in [0.1, 0.15) is 10.6 Å². The van der Waals surface area contributed by atoms with Crippen LogP contribution in [0.15, 0.2) is 23.4 Å². The molecule has 0 aromatic carbocycles. The number of rotatable bonds is 3. The summed E-state index contributed by atoms with van der Waals surface area (Å²) in [6, 6.07) is 0. The van der Waals surface area contributed by atoms with E-state index in [9.17, 15) is 9.59 Å². The van der Waals surface area contributed by atoms with E-state index in [-0.39, 0.29) is 17.4 Å². The Hall–Kier alpha value is -1.69. The van der Waals surface area contributed by atoms with E-state index in [0.717, 1.165) is 5.01 Å². The highest BCUT2D eigenvalue weighted by Gasteiger charge is 2.32. The van der Waals surface area contributed by atoms with Gasteiger partial charge in [-0.25, -0.2) is 4.98 Å². The second-order valence-corrected chi connectivity index (χ2v) is 6.08. The zero-order valence-corrected chi connectivity index (χ0v) is 12.0. The van der Waals surface area contributed by atoms with Crippen molar-refractivity contribution in [1.82, 2.24) is 9.88 Å². The lowest BCUT2D eigenvalue weighted by molar-refractivity contribution is -0.137. The van der Waals surface area contributed by atoms with Crippen LogP contribution >= 0.6 is 11.3 Å². The highest BCUT2D eigenvalue weighted by atomic mass is 32.1. The molecule has 19 heavy (non-hydrogen) atoms. The smallest absolute Gasteiger partial charge is 0.289 e. The Balaban J connectivity index is 2.09. The fourth-order valence-corrected chi connectivity index (χ4v) is 2.55. The summed E-state index contributed by atoms with van der Waals surface area (Å²) in [6.07, 6.45) is 3.27. The minimum absolute atomic E-state index is 0.0813. The number of ether oxygens (including phenoxy) is 1. The molecule has 1 aromatic rings. The first-order valence-corrected chi connectivity index (χ1v) is 6.83. The quantitative estimate of drug-likeness (QED) is 0.846. The molecule has 6 heteroatoms. The zero-order valence-electron chi connectivity index (χ0n) is 11.2. The predicted octanol–water partition coefficient (Wildman–Crippen LogP) is 1.75. The maximum absolute atomic E-state index is 12.2. The van der Waals surface area contributed by atoms with Gasteiger partial charge < -0.3 is 9.64 Å². The summed E-state index contributed by atoms with van der Waals surface area (Å²) in [4.78, 5) is 29.4. The molecule has 102 valence electrons. The molecule has 0 saturated carbocycles. The third-order valence-corrected chi connectivity index (χ3v) is 3.46. The van der Waals surface area contributed by atoms with Crippen molar-refractivity contribution < 1.29 is 14.3 Å². The van der Waals surface area contributed by atoms with Gasteiger partial charge in [0.15, 0.2) is 11.5 Å². The number of ketones is 1. The van der Waals surface area contributed by atoms with E-state index in [2.05, 4.69) is 4.98 Å². The van der Waals surface area contributed by atoms with Gasteiger partial charge in [-0.05, 0) is 13.8 Å². The van der Waals surface area contributed by atoms with Crippen LogP contribution in [-0.4, -0.2) is 34.2 Å². The van der Waals surface area contributed by atoms with Crippen molar-refractivity contribution >= 4 is 23.0 Å². The molecule has 0 spiro atoms. The summed E-state index contributed by atoms with van der Waals surface area (Å²) in [5, 5.41) is 2.70. The van der Waals surface area contributed by atoms with Crippen LogP contribution in [0.4, 0.5) is 0 Å². The first-order valence-electron chi connectivity index (χ1n) is 5.95. The van der Waals surface area contributed by atoms with Crippen LogP contribution in [-0.2, 0) is 20.9 Å². The van der Waals surface area contributed by atoms with Gasteiger partial charge in [-0.2, -0.15) is 0 Å². The molecule has 0 saturated heterocycles. The van der Waals surface area contributed by atoms with Crippen molar-refractivity contribution in [2.45, 2.75) is 32.4 Å². The number of likely N-dealkylation sites (N-methyl/N-ethyl adjacent to an activating group) is 1. The Morgan fingerprint density at radius 1 is 1.58 bits per heavy atom. The Bertz CT molecular complexity index is 520. The van der Waals surface area contributed by atoms with Crippen molar-refractivity contribution in [3.63, 3.8) is 0 Å². The third-order valence-electron chi connectivity index (χ3n) is 2.69. The second kappa shape index (κ2) is 5.13. The third kappa shape index (κ3) is 3.41. The molecule has 0 aliphatic carbocycles. The summed E-state index contributed by atoms with van der Waals surface area (Å²) in [6.45, 7) is 4.00.